The van der Waals surface area contributed by atoms with Crippen LogP contribution in [-0.4, -0.2) is 72.9 Å². The molecule has 0 saturated carbocycles. The molecule has 2 amide bonds. The Labute approximate surface area is 169 Å². The van der Waals surface area contributed by atoms with E-state index < -0.39 is 6.04 Å². The number of oxazole rings is 1. The summed E-state index contributed by atoms with van der Waals surface area (Å²) in [5, 5.41) is 2.52. The Morgan fingerprint density at radius 1 is 1.28 bits per heavy atom. The molecule has 1 aliphatic rings. The third-order valence-electron chi connectivity index (χ3n) is 5.22. The molecule has 0 bridgehead atoms. The summed E-state index contributed by atoms with van der Waals surface area (Å²) in [6, 6.07) is 6.16. The number of hydrogen-bond acceptors (Lipinski definition) is 6. The Morgan fingerprint density at radius 2 is 1.97 bits per heavy atom. The average molecular weight is 403 g/mol. The highest BCUT2D eigenvalue weighted by atomic mass is 19.1. The van der Waals surface area contributed by atoms with Gasteiger partial charge in [0.1, 0.15) is 18.1 Å². The molecule has 1 aromatic carbocycles. The third-order valence-corrected chi connectivity index (χ3v) is 5.22. The van der Waals surface area contributed by atoms with Crippen molar-refractivity contribution >= 4 is 17.5 Å². The normalized spacial score (nSPS) is 15.8. The molecule has 156 valence electrons. The van der Waals surface area contributed by atoms with Crippen LogP contribution in [0.25, 0.3) is 0 Å². The first-order chi connectivity index (χ1) is 13.9. The van der Waals surface area contributed by atoms with E-state index in [0.717, 1.165) is 13.1 Å². The van der Waals surface area contributed by atoms with Gasteiger partial charge in [0.25, 0.3) is 5.91 Å². The topological polar surface area (TPSA) is 81.9 Å². The Morgan fingerprint density at radius 3 is 2.62 bits per heavy atom. The van der Waals surface area contributed by atoms with E-state index in [1.165, 1.54) is 24.3 Å². The average Bonchev–Trinajstić information content (AvgIpc) is 3.21. The summed E-state index contributed by atoms with van der Waals surface area (Å²) >= 11 is 0. The molecule has 2 heterocycles. The standard InChI is InChI=1S/C20H26FN5O3/c1-14(19(27)22-2)24(3)20(28)16-13-29-18(23-16)12-25-8-10-26(11-9-25)17-7-5-4-6-15(17)21/h4-7,13-14H,8-12H2,1-3H3,(H,22,27)/t14-/m1/s1. The van der Waals surface area contributed by atoms with Gasteiger partial charge in [0, 0.05) is 40.3 Å². The van der Waals surface area contributed by atoms with Gasteiger partial charge < -0.3 is 19.5 Å². The van der Waals surface area contributed by atoms with E-state index in [1.807, 2.05) is 11.0 Å². The van der Waals surface area contributed by atoms with E-state index >= 15 is 0 Å². The minimum atomic E-state index is -0.612. The molecule has 0 aliphatic carbocycles. The number of nitrogens with one attached hydrogen (secondary N) is 1. The lowest BCUT2D eigenvalue weighted by Gasteiger charge is -2.35. The van der Waals surface area contributed by atoms with Crippen LogP contribution >= 0.6 is 0 Å². The summed E-state index contributed by atoms with van der Waals surface area (Å²) in [6.07, 6.45) is 1.32. The van der Waals surface area contributed by atoms with E-state index in [-0.39, 0.29) is 23.3 Å². The molecule has 2 aromatic rings. The van der Waals surface area contributed by atoms with E-state index in [9.17, 15) is 14.0 Å². The summed E-state index contributed by atoms with van der Waals surface area (Å²) in [4.78, 5) is 34.0. The fourth-order valence-corrected chi connectivity index (χ4v) is 3.27. The van der Waals surface area contributed by atoms with Crippen LogP contribution in [0.3, 0.4) is 0 Å². The Hall–Kier alpha value is -2.94. The number of aromatic nitrogens is 1. The maximum Gasteiger partial charge on any atom is 0.276 e. The summed E-state index contributed by atoms with van der Waals surface area (Å²) in [5.74, 6) is -0.404. The fourth-order valence-electron chi connectivity index (χ4n) is 3.27. The largest absolute Gasteiger partial charge is 0.447 e. The van der Waals surface area contributed by atoms with E-state index in [4.69, 9.17) is 4.42 Å². The molecule has 3 rings (SSSR count). The van der Waals surface area contributed by atoms with Crippen molar-refractivity contribution in [3.63, 3.8) is 0 Å². The number of para-hydroxylation sites is 1. The third kappa shape index (κ3) is 4.73. The van der Waals surface area contributed by atoms with Crippen LogP contribution in [0.1, 0.15) is 23.3 Å². The first-order valence-corrected chi connectivity index (χ1v) is 9.55. The zero-order valence-electron chi connectivity index (χ0n) is 16.9. The quantitative estimate of drug-likeness (QED) is 0.784. The first kappa shape index (κ1) is 20.8. The summed E-state index contributed by atoms with van der Waals surface area (Å²) in [7, 11) is 3.08. The van der Waals surface area contributed by atoms with Crippen molar-refractivity contribution in [3.05, 3.63) is 47.9 Å². The lowest BCUT2D eigenvalue weighted by atomic mass is 10.2. The number of piperazine rings is 1. The van der Waals surface area contributed by atoms with E-state index in [1.54, 1.807) is 26.1 Å². The second-order valence-electron chi connectivity index (χ2n) is 7.05. The Balaban J connectivity index is 1.55. The van der Waals surface area contributed by atoms with Crippen LogP contribution in [0.5, 0.6) is 0 Å². The molecule has 29 heavy (non-hydrogen) atoms. The number of benzene rings is 1. The number of nitrogens with zero attached hydrogens (tertiary/aromatic N) is 4. The number of amides is 2. The van der Waals surface area contributed by atoms with Crippen molar-refractivity contribution in [2.24, 2.45) is 0 Å². The van der Waals surface area contributed by atoms with Crippen molar-refractivity contribution in [2.45, 2.75) is 19.5 Å². The molecule has 0 radical (unpaired) electrons. The van der Waals surface area contributed by atoms with Crippen LogP contribution in [-0.2, 0) is 11.3 Å². The molecule has 1 N–H and O–H groups in total. The molecule has 0 spiro atoms. The Kier molecular flexibility index (Phi) is 6.48. The van der Waals surface area contributed by atoms with Gasteiger partial charge in [-0.2, -0.15) is 0 Å². The molecule has 1 aromatic heterocycles. The van der Waals surface area contributed by atoms with Crippen molar-refractivity contribution in [2.75, 3.05) is 45.2 Å². The van der Waals surface area contributed by atoms with Gasteiger partial charge in [-0.15, -0.1) is 0 Å². The zero-order valence-corrected chi connectivity index (χ0v) is 16.9. The summed E-state index contributed by atoms with van der Waals surface area (Å²) < 4.78 is 19.4. The number of carbonyl (C=O) groups excluding carboxylic acids is 2. The molecule has 9 heteroatoms. The number of anilines is 1. The highest BCUT2D eigenvalue weighted by Crippen LogP contribution is 2.20. The van der Waals surface area contributed by atoms with Gasteiger partial charge >= 0.3 is 0 Å². The van der Waals surface area contributed by atoms with Crippen LogP contribution < -0.4 is 10.2 Å². The van der Waals surface area contributed by atoms with Crippen molar-refractivity contribution in [1.82, 2.24) is 20.1 Å². The van der Waals surface area contributed by atoms with Gasteiger partial charge in [0.05, 0.1) is 12.2 Å². The molecule has 1 saturated heterocycles. The van der Waals surface area contributed by atoms with Crippen LogP contribution in [0.4, 0.5) is 10.1 Å². The smallest absolute Gasteiger partial charge is 0.276 e. The number of likely N-dealkylation sites (N-methyl/N-ethyl adjacent to an activating group) is 2. The van der Waals surface area contributed by atoms with Crippen LogP contribution in [0.2, 0.25) is 0 Å². The van der Waals surface area contributed by atoms with Crippen molar-refractivity contribution in [1.29, 1.82) is 0 Å². The maximum atomic E-state index is 13.9. The first-order valence-electron chi connectivity index (χ1n) is 9.55. The Bertz CT molecular complexity index is 863. The van der Waals surface area contributed by atoms with Crippen molar-refractivity contribution in [3.8, 4) is 0 Å². The van der Waals surface area contributed by atoms with E-state index in [0.29, 0.717) is 31.2 Å². The van der Waals surface area contributed by atoms with Gasteiger partial charge in [-0.05, 0) is 19.1 Å². The summed E-state index contributed by atoms with van der Waals surface area (Å²) in [6.45, 7) is 4.96. The second kappa shape index (κ2) is 9.04. The number of rotatable bonds is 6. The summed E-state index contributed by atoms with van der Waals surface area (Å²) in [5.41, 5.74) is 0.785. The molecule has 1 fully saturated rings. The number of carbonyl (C=O) groups is 2. The molecule has 1 aliphatic heterocycles. The maximum absolute atomic E-state index is 13.9. The highest BCUT2D eigenvalue weighted by Gasteiger charge is 2.26. The highest BCUT2D eigenvalue weighted by molar-refractivity contribution is 5.95. The predicted molar refractivity (Wildman–Crippen MR) is 106 cm³/mol. The fraction of sp³-hybridized carbons (Fsp3) is 0.450. The molecular formula is C20H26FN5O3. The van der Waals surface area contributed by atoms with Crippen LogP contribution in [0, 0.1) is 5.82 Å². The zero-order chi connectivity index (χ0) is 21.0. The SMILES string of the molecule is CNC(=O)[C@@H](C)N(C)C(=O)c1coc(CN2CCN(c3ccccc3F)CC2)n1. The molecule has 0 unspecified atom stereocenters. The predicted octanol–water partition coefficient (Wildman–Crippen LogP) is 1.34. The van der Waals surface area contributed by atoms with Gasteiger partial charge in [0.2, 0.25) is 11.8 Å². The molecular weight excluding hydrogens is 377 g/mol. The second-order valence-corrected chi connectivity index (χ2v) is 7.05. The monoisotopic (exact) mass is 403 g/mol. The number of halogens is 1. The van der Waals surface area contributed by atoms with Gasteiger partial charge in [-0.25, -0.2) is 9.37 Å². The lowest BCUT2D eigenvalue weighted by Crippen LogP contribution is -2.46. The van der Waals surface area contributed by atoms with Gasteiger partial charge in [0.15, 0.2) is 5.69 Å². The molecule has 1 atom stereocenters. The van der Waals surface area contributed by atoms with Gasteiger partial charge in [-0.3, -0.25) is 14.5 Å². The van der Waals surface area contributed by atoms with Gasteiger partial charge in [-0.1, -0.05) is 12.1 Å². The number of hydrogen-bond donors (Lipinski definition) is 1. The minimum Gasteiger partial charge on any atom is -0.447 e. The lowest BCUT2D eigenvalue weighted by molar-refractivity contribution is -0.124. The van der Waals surface area contributed by atoms with Crippen LogP contribution in [0.15, 0.2) is 34.9 Å². The molecule has 8 nitrogen and oxygen atoms in total. The van der Waals surface area contributed by atoms with Crippen molar-refractivity contribution < 1.29 is 18.4 Å². The minimum absolute atomic E-state index is 0.170. The van der Waals surface area contributed by atoms with E-state index in [2.05, 4.69) is 15.2 Å².